The van der Waals surface area contributed by atoms with Gasteiger partial charge < -0.3 is 10.2 Å². The van der Waals surface area contributed by atoms with Gasteiger partial charge in [-0.1, -0.05) is 24.6 Å². The molecule has 0 atom stereocenters. The molecule has 0 aliphatic carbocycles. The summed E-state index contributed by atoms with van der Waals surface area (Å²) >= 11 is 1.28. The fraction of sp³-hybridized carbons (Fsp3) is 0.417. The fourth-order valence-corrected chi connectivity index (χ4v) is 4.62. The molecule has 1 aromatic carbocycles. The molecule has 3 rings (SSSR count). The number of fused-ring (bicyclic) bond motifs is 1. The number of hydrogen-bond donors (Lipinski definition) is 1. The Hall–Kier alpha value is -3.20. The van der Waals surface area contributed by atoms with Crippen LogP contribution < -0.4 is 16.6 Å². The van der Waals surface area contributed by atoms with E-state index in [4.69, 9.17) is 0 Å². The lowest BCUT2D eigenvalue weighted by Crippen LogP contribution is -2.43. The van der Waals surface area contributed by atoms with Gasteiger partial charge in [-0.05, 0) is 50.3 Å². The van der Waals surface area contributed by atoms with Crippen molar-refractivity contribution in [1.82, 2.24) is 14.0 Å². The first kappa shape index (κ1) is 24.4. The highest BCUT2D eigenvalue weighted by molar-refractivity contribution is 7.17. The SMILES string of the molecule is CCN(CC)C(=O)Cn1c(=O)n(CCCCCC(=O)Nc2ccccc2)c(=O)c2sccc21. The van der Waals surface area contributed by atoms with Gasteiger partial charge in [-0.15, -0.1) is 11.3 Å². The molecule has 0 bridgehead atoms. The van der Waals surface area contributed by atoms with Crippen molar-refractivity contribution in [3.63, 3.8) is 0 Å². The zero-order chi connectivity index (χ0) is 23.8. The summed E-state index contributed by atoms with van der Waals surface area (Å²) in [5.74, 6) is -0.208. The zero-order valence-electron chi connectivity index (χ0n) is 19.1. The van der Waals surface area contributed by atoms with Gasteiger partial charge in [-0.2, -0.15) is 0 Å². The lowest BCUT2D eigenvalue weighted by atomic mass is 10.2. The average molecular weight is 471 g/mol. The van der Waals surface area contributed by atoms with Crippen LogP contribution in [0.5, 0.6) is 0 Å². The topological polar surface area (TPSA) is 93.4 Å². The number of hydrogen-bond acceptors (Lipinski definition) is 5. The number of likely N-dealkylation sites (N-methyl/N-ethyl adjacent to an activating group) is 1. The van der Waals surface area contributed by atoms with Gasteiger partial charge in [0.05, 0.1) is 5.52 Å². The number of rotatable bonds is 11. The van der Waals surface area contributed by atoms with Gasteiger partial charge in [0.2, 0.25) is 11.8 Å². The Bertz CT molecular complexity index is 1210. The minimum Gasteiger partial charge on any atom is -0.342 e. The standard InChI is InChI=1S/C24H30N4O4S/c1-3-26(4-2)21(30)17-28-19-14-16-33-22(19)23(31)27(24(28)32)15-10-6-9-13-20(29)25-18-11-7-5-8-12-18/h5,7-8,11-12,14,16H,3-4,6,9-10,13,15,17H2,1-2H3,(H,25,29). The predicted molar refractivity (Wildman–Crippen MR) is 132 cm³/mol. The van der Waals surface area contributed by atoms with Crippen molar-refractivity contribution in [3.8, 4) is 0 Å². The molecule has 0 aliphatic heterocycles. The van der Waals surface area contributed by atoms with E-state index in [1.54, 1.807) is 16.3 Å². The smallest absolute Gasteiger partial charge is 0.332 e. The summed E-state index contributed by atoms with van der Waals surface area (Å²) in [5, 5.41) is 4.61. The summed E-state index contributed by atoms with van der Waals surface area (Å²) in [6, 6.07) is 11.0. The van der Waals surface area contributed by atoms with E-state index in [1.807, 2.05) is 44.2 Å². The van der Waals surface area contributed by atoms with Crippen LogP contribution in [-0.4, -0.2) is 38.9 Å². The Morgan fingerprint density at radius 2 is 1.70 bits per heavy atom. The molecule has 33 heavy (non-hydrogen) atoms. The van der Waals surface area contributed by atoms with Crippen molar-refractivity contribution in [3.05, 3.63) is 62.6 Å². The molecule has 0 fully saturated rings. The van der Waals surface area contributed by atoms with Gasteiger partial charge in [-0.25, -0.2) is 4.79 Å². The van der Waals surface area contributed by atoms with Crippen LogP contribution >= 0.6 is 11.3 Å². The Morgan fingerprint density at radius 1 is 0.970 bits per heavy atom. The maximum absolute atomic E-state index is 13.1. The zero-order valence-corrected chi connectivity index (χ0v) is 19.9. The second-order valence-electron chi connectivity index (χ2n) is 7.75. The molecule has 2 aromatic heterocycles. The fourth-order valence-electron chi connectivity index (χ4n) is 3.77. The normalized spacial score (nSPS) is 11.0. The molecule has 0 radical (unpaired) electrons. The van der Waals surface area contributed by atoms with E-state index in [1.165, 1.54) is 20.5 Å². The van der Waals surface area contributed by atoms with Crippen molar-refractivity contribution in [2.24, 2.45) is 0 Å². The van der Waals surface area contributed by atoms with Gasteiger partial charge in [0, 0.05) is 31.7 Å². The van der Waals surface area contributed by atoms with Crippen LogP contribution in [0.25, 0.3) is 10.2 Å². The van der Waals surface area contributed by atoms with Crippen molar-refractivity contribution >= 4 is 39.1 Å². The molecular formula is C24H30N4O4S. The number of nitrogens with one attached hydrogen (secondary N) is 1. The second-order valence-corrected chi connectivity index (χ2v) is 8.67. The molecule has 0 saturated carbocycles. The molecule has 0 spiro atoms. The summed E-state index contributed by atoms with van der Waals surface area (Å²) in [4.78, 5) is 52.3. The predicted octanol–water partition coefficient (Wildman–Crippen LogP) is 3.29. The van der Waals surface area contributed by atoms with Crippen LogP contribution in [0.4, 0.5) is 5.69 Å². The van der Waals surface area contributed by atoms with Crippen LogP contribution in [0.1, 0.15) is 39.5 Å². The van der Waals surface area contributed by atoms with Gasteiger partial charge in [0.15, 0.2) is 0 Å². The van der Waals surface area contributed by atoms with Crippen molar-refractivity contribution in [1.29, 1.82) is 0 Å². The van der Waals surface area contributed by atoms with Crippen LogP contribution in [0.2, 0.25) is 0 Å². The van der Waals surface area contributed by atoms with Crippen molar-refractivity contribution in [2.75, 3.05) is 18.4 Å². The minimum atomic E-state index is -0.465. The van der Waals surface area contributed by atoms with Gasteiger partial charge in [-0.3, -0.25) is 23.5 Å². The second kappa shape index (κ2) is 11.6. The van der Waals surface area contributed by atoms with Gasteiger partial charge >= 0.3 is 5.69 Å². The summed E-state index contributed by atoms with van der Waals surface area (Å²) < 4.78 is 3.10. The molecule has 9 heteroatoms. The first-order valence-electron chi connectivity index (χ1n) is 11.3. The van der Waals surface area contributed by atoms with E-state index >= 15 is 0 Å². The highest BCUT2D eigenvalue weighted by Gasteiger charge is 2.18. The Balaban J connectivity index is 1.64. The first-order valence-corrected chi connectivity index (χ1v) is 12.2. The van der Waals surface area contributed by atoms with E-state index in [-0.39, 0.29) is 30.5 Å². The summed E-state index contributed by atoms with van der Waals surface area (Å²) in [7, 11) is 0. The van der Waals surface area contributed by atoms with Crippen LogP contribution in [0.3, 0.4) is 0 Å². The van der Waals surface area contributed by atoms with Crippen LogP contribution in [0, 0.1) is 0 Å². The maximum Gasteiger partial charge on any atom is 0.332 e. The number of benzene rings is 1. The third-order valence-corrected chi connectivity index (χ3v) is 6.48. The third kappa shape index (κ3) is 5.98. The highest BCUT2D eigenvalue weighted by atomic mass is 32.1. The third-order valence-electron chi connectivity index (χ3n) is 5.59. The number of aromatic nitrogens is 2. The minimum absolute atomic E-state index is 0.0596. The quantitative estimate of drug-likeness (QED) is 0.435. The molecule has 2 amide bonds. The lowest BCUT2D eigenvalue weighted by molar-refractivity contribution is -0.131. The number of carbonyl (C=O) groups excluding carboxylic acids is 2. The molecule has 0 unspecified atom stereocenters. The van der Waals surface area contributed by atoms with Crippen molar-refractivity contribution in [2.45, 2.75) is 52.6 Å². The molecule has 0 saturated heterocycles. The molecule has 176 valence electrons. The molecule has 1 N–H and O–H groups in total. The summed E-state index contributed by atoms with van der Waals surface area (Å²) in [6.45, 7) is 5.08. The van der Waals surface area contributed by atoms with Crippen LogP contribution in [0.15, 0.2) is 51.4 Å². The van der Waals surface area contributed by atoms with E-state index in [2.05, 4.69) is 5.32 Å². The molecule has 2 heterocycles. The monoisotopic (exact) mass is 470 g/mol. The Kier molecular flexibility index (Phi) is 8.59. The van der Waals surface area contributed by atoms with E-state index in [9.17, 15) is 19.2 Å². The van der Waals surface area contributed by atoms with E-state index in [0.717, 1.165) is 5.69 Å². The summed E-state index contributed by atoms with van der Waals surface area (Å²) in [6.07, 6.45) is 2.32. The lowest BCUT2D eigenvalue weighted by Gasteiger charge is -2.20. The molecule has 8 nitrogen and oxygen atoms in total. The van der Waals surface area contributed by atoms with E-state index < -0.39 is 5.69 Å². The molecule has 0 aliphatic rings. The average Bonchev–Trinajstić information content (AvgIpc) is 3.30. The molecule has 3 aromatic rings. The Labute approximate surface area is 196 Å². The van der Waals surface area contributed by atoms with Gasteiger partial charge in [0.1, 0.15) is 11.2 Å². The number of carbonyl (C=O) groups is 2. The maximum atomic E-state index is 13.1. The number of para-hydroxylation sites is 1. The van der Waals surface area contributed by atoms with Crippen molar-refractivity contribution < 1.29 is 9.59 Å². The summed E-state index contributed by atoms with van der Waals surface area (Å²) in [5.41, 5.74) is 0.481. The number of unbranched alkanes of at least 4 members (excludes halogenated alkanes) is 2. The Morgan fingerprint density at radius 3 is 2.39 bits per heavy atom. The first-order chi connectivity index (χ1) is 16.0. The van der Waals surface area contributed by atoms with Gasteiger partial charge in [0.25, 0.3) is 5.56 Å². The van der Waals surface area contributed by atoms with Crippen LogP contribution in [-0.2, 0) is 22.7 Å². The number of thiophene rings is 1. The number of anilines is 1. The van der Waals surface area contributed by atoms with E-state index in [0.29, 0.717) is 49.0 Å². The number of amides is 2. The number of nitrogens with zero attached hydrogens (tertiary/aromatic N) is 3. The molecular weight excluding hydrogens is 440 g/mol. The largest absolute Gasteiger partial charge is 0.342 e. The highest BCUT2D eigenvalue weighted by Crippen LogP contribution is 2.16.